The Balaban J connectivity index is 1.67. The van der Waals surface area contributed by atoms with Crippen LogP contribution in [0.3, 0.4) is 0 Å². The van der Waals surface area contributed by atoms with Gasteiger partial charge in [-0.15, -0.1) is 0 Å². The highest BCUT2D eigenvalue weighted by Crippen LogP contribution is 2.30. The van der Waals surface area contributed by atoms with Gasteiger partial charge in [-0.05, 0) is 30.3 Å². The van der Waals surface area contributed by atoms with Crippen LogP contribution in [0.15, 0.2) is 36.4 Å². The van der Waals surface area contributed by atoms with Gasteiger partial charge in [-0.3, -0.25) is 4.79 Å². The largest absolute Gasteiger partial charge is 0.481 e. The Bertz CT molecular complexity index is 798. The van der Waals surface area contributed by atoms with Gasteiger partial charge in [-0.2, -0.15) is 0 Å². The standard InChI is InChI=1S/C18H17ClF2N2O3/c19-12-1-3-16(23-5-7-25-8-6-23)15(9-12)22-18(24)11-26-17-4-2-13(20)10-14(17)21/h1-4,9-10H,5-8,11H2,(H,22,24). The predicted molar refractivity (Wildman–Crippen MR) is 95.0 cm³/mol. The lowest BCUT2D eigenvalue weighted by Crippen LogP contribution is -2.37. The molecule has 8 heteroatoms. The molecule has 1 N–H and O–H groups in total. The van der Waals surface area contributed by atoms with E-state index in [1.807, 2.05) is 6.07 Å². The maximum Gasteiger partial charge on any atom is 0.262 e. The minimum absolute atomic E-state index is 0.193. The number of carbonyl (C=O) groups is 1. The van der Waals surface area contributed by atoms with E-state index >= 15 is 0 Å². The van der Waals surface area contributed by atoms with Crippen molar-refractivity contribution in [2.24, 2.45) is 0 Å². The van der Waals surface area contributed by atoms with E-state index < -0.39 is 24.1 Å². The summed E-state index contributed by atoms with van der Waals surface area (Å²) in [7, 11) is 0. The molecule has 0 aliphatic carbocycles. The first kappa shape index (κ1) is 18.4. The number of anilines is 2. The zero-order valence-corrected chi connectivity index (χ0v) is 14.6. The van der Waals surface area contributed by atoms with Crippen LogP contribution in [0.5, 0.6) is 5.75 Å². The van der Waals surface area contributed by atoms with Crippen molar-refractivity contribution in [1.82, 2.24) is 0 Å². The van der Waals surface area contributed by atoms with Gasteiger partial charge in [0.25, 0.3) is 5.91 Å². The number of rotatable bonds is 5. The van der Waals surface area contributed by atoms with Crippen LogP contribution in [0.25, 0.3) is 0 Å². The summed E-state index contributed by atoms with van der Waals surface area (Å²) in [5.41, 5.74) is 1.35. The smallest absolute Gasteiger partial charge is 0.262 e. The molecule has 1 saturated heterocycles. The van der Waals surface area contributed by atoms with Crippen LogP contribution in [0.4, 0.5) is 20.2 Å². The van der Waals surface area contributed by atoms with Gasteiger partial charge in [0.15, 0.2) is 18.2 Å². The van der Waals surface area contributed by atoms with Gasteiger partial charge < -0.3 is 19.7 Å². The first-order valence-corrected chi connectivity index (χ1v) is 8.40. The first-order chi connectivity index (χ1) is 12.5. The maximum atomic E-state index is 13.6. The molecule has 1 fully saturated rings. The predicted octanol–water partition coefficient (Wildman–Crippen LogP) is 3.47. The number of morpholine rings is 1. The number of benzene rings is 2. The number of carbonyl (C=O) groups excluding carboxylic acids is 1. The third-order valence-electron chi connectivity index (χ3n) is 3.84. The minimum Gasteiger partial charge on any atom is -0.481 e. The van der Waals surface area contributed by atoms with E-state index in [0.717, 1.165) is 17.8 Å². The van der Waals surface area contributed by atoms with E-state index in [0.29, 0.717) is 43.1 Å². The molecular formula is C18H17ClF2N2O3. The van der Waals surface area contributed by atoms with Gasteiger partial charge in [0.1, 0.15) is 5.82 Å². The Kier molecular flexibility index (Phi) is 5.90. The summed E-state index contributed by atoms with van der Waals surface area (Å²) >= 11 is 6.04. The summed E-state index contributed by atoms with van der Waals surface area (Å²) in [4.78, 5) is 14.3. The molecular weight excluding hydrogens is 366 g/mol. The lowest BCUT2D eigenvalue weighted by molar-refractivity contribution is -0.118. The van der Waals surface area contributed by atoms with Crippen LogP contribution in [0, 0.1) is 11.6 Å². The van der Waals surface area contributed by atoms with Crippen LogP contribution in [-0.2, 0) is 9.53 Å². The summed E-state index contributed by atoms with van der Waals surface area (Å²) in [6.07, 6.45) is 0. The topological polar surface area (TPSA) is 50.8 Å². The molecule has 138 valence electrons. The van der Waals surface area contributed by atoms with Crippen LogP contribution in [0.2, 0.25) is 5.02 Å². The lowest BCUT2D eigenvalue weighted by atomic mass is 10.2. The third kappa shape index (κ3) is 4.62. The second-order valence-electron chi connectivity index (χ2n) is 5.67. The van der Waals surface area contributed by atoms with Crippen LogP contribution < -0.4 is 15.0 Å². The van der Waals surface area contributed by atoms with Gasteiger partial charge in [-0.1, -0.05) is 11.6 Å². The molecule has 5 nitrogen and oxygen atoms in total. The molecule has 3 rings (SSSR count). The van der Waals surface area contributed by atoms with Gasteiger partial charge in [-0.25, -0.2) is 8.78 Å². The maximum absolute atomic E-state index is 13.6. The summed E-state index contributed by atoms with van der Waals surface area (Å²) in [6.45, 7) is 2.17. The van der Waals surface area contributed by atoms with E-state index in [-0.39, 0.29) is 5.75 Å². The molecule has 0 spiro atoms. The Morgan fingerprint density at radius 2 is 1.96 bits per heavy atom. The van der Waals surface area contributed by atoms with Crippen molar-refractivity contribution in [2.75, 3.05) is 43.1 Å². The molecule has 1 aliphatic rings. The van der Waals surface area contributed by atoms with Crippen molar-refractivity contribution >= 4 is 28.9 Å². The van der Waals surface area contributed by atoms with Crippen LogP contribution in [-0.4, -0.2) is 38.8 Å². The fraction of sp³-hybridized carbons (Fsp3) is 0.278. The molecule has 0 bridgehead atoms. The molecule has 1 aliphatic heterocycles. The molecule has 0 atom stereocenters. The highest BCUT2D eigenvalue weighted by molar-refractivity contribution is 6.31. The molecule has 0 saturated carbocycles. The zero-order chi connectivity index (χ0) is 18.5. The number of hydrogen-bond acceptors (Lipinski definition) is 4. The number of amides is 1. The number of halogens is 3. The molecule has 0 radical (unpaired) electrons. The van der Waals surface area contributed by atoms with Gasteiger partial charge in [0.05, 0.1) is 24.6 Å². The van der Waals surface area contributed by atoms with Crippen molar-refractivity contribution in [3.05, 3.63) is 53.1 Å². The van der Waals surface area contributed by atoms with Crippen molar-refractivity contribution in [3.63, 3.8) is 0 Å². The zero-order valence-electron chi connectivity index (χ0n) is 13.8. The summed E-state index contributed by atoms with van der Waals surface area (Å²) in [6, 6.07) is 8.10. The van der Waals surface area contributed by atoms with Crippen LogP contribution in [0.1, 0.15) is 0 Å². The fourth-order valence-corrected chi connectivity index (χ4v) is 2.78. The van der Waals surface area contributed by atoms with Crippen molar-refractivity contribution in [2.45, 2.75) is 0 Å². The second kappa shape index (κ2) is 8.33. The van der Waals surface area contributed by atoms with E-state index in [1.165, 1.54) is 0 Å². The third-order valence-corrected chi connectivity index (χ3v) is 4.07. The molecule has 26 heavy (non-hydrogen) atoms. The fourth-order valence-electron chi connectivity index (χ4n) is 2.61. The number of hydrogen-bond donors (Lipinski definition) is 1. The Labute approximate surface area is 154 Å². The molecule has 1 heterocycles. The summed E-state index contributed by atoms with van der Waals surface area (Å²) in [5, 5.41) is 3.20. The summed E-state index contributed by atoms with van der Waals surface area (Å²) < 4.78 is 36.9. The van der Waals surface area contributed by atoms with Crippen molar-refractivity contribution < 1.29 is 23.0 Å². The van der Waals surface area contributed by atoms with E-state index in [9.17, 15) is 13.6 Å². The molecule has 0 aromatic heterocycles. The molecule has 0 unspecified atom stereocenters. The van der Waals surface area contributed by atoms with E-state index in [4.69, 9.17) is 21.1 Å². The lowest BCUT2D eigenvalue weighted by Gasteiger charge is -2.30. The monoisotopic (exact) mass is 382 g/mol. The highest BCUT2D eigenvalue weighted by atomic mass is 35.5. The van der Waals surface area contributed by atoms with Crippen molar-refractivity contribution in [1.29, 1.82) is 0 Å². The normalized spacial score (nSPS) is 14.2. The van der Waals surface area contributed by atoms with Gasteiger partial charge >= 0.3 is 0 Å². The highest BCUT2D eigenvalue weighted by Gasteiger charge is 2.17. The first-order valence-electron chi connectivity index (χ1n) is 8.03. The molecule has 2 aromatic rings. The SMILES string of the molecule is O=C(COc1ccc(F)cc1F)Nc1cc(Cl)ccc1N1CCOCC1. The average molecular weight is 383 g/mol. The average Bonchev–Trinajstić information content (AvgIpc) is 2.62. The Morgan fingerprint density at radius 1 is 1.19 bits per heavy atom. The Morgan fingerprint density at radius 3 is 2.69 bits per heavy atom. The second-order valence-corrected chi connectivity index (χ2v) is 6.11. The van der Waals surface area contributed by atoms with Crippen LogP contribution >= 0.6 is 11.6 Å². The molecule has 2 aromatic carbocycles. The Hall–Kier alpha value is -2.38. The number of nitrogens with one attached hydrogen (secondary N) is 1. The number of ether oxygens (including phenoxy) is 2. The molecule has 1 amide bonds. The van der Waals surface area contributed by atoms with Crippen molar-refractivity contribution in [3.8, 4) is 5.75 Å². The summed E-state index contributed by atoms with van der Waals surface area (Å²) in [5.74, 6) is -2.26. The van der Waals surface area contributed by atoms with E-state index in [1.54, 1.807) is 12.1 Å². The van der Waals surface area contributed by atoms with Gasteiger partial charge in [0, 0.05) is 24.2 Å². The quantitative estimate of drug-likeness (QED) is 0.860. The van der Waals surface area contributed by atoms with Gasteiger partial charge in [0.2, 0.25) is 0 Å². The van der Waals surface area contributed by atoms with E-state index in [2.05, 4.69) is 10.2 Å². The minimum atomic E-state index is -0.866. The number of nitrogens with zero attached hydrogens (tertiary/aromatic N) is 1.